The van der Waals surface area contributed by atoms with Gasteiger partial charge in [-0.3, -0.25) is 0 Å². The summed E-state index contributed by atoms with van der Waals surface area (Å²) in [5.74, 6) is 0. The Morgan fingerprint density at radius 2 is 2.00 bits per heavy atom. The Bertz CT molecular complexity index is 503. The molecule has 0 fully saturated rings. The summed E-state index contributed by atoms with van der Waals surface area (Å²) >= 11 is 0. The fraction of sp³-hybridized carbons (Fsp3) is 0.267. The van der Waals surface area contributed by atoms with Crippen LogP contribution >= 0.6 is 0 Å². The van der Waals surface area contributed by atoms with Gasteiger partial charge in [-0.05, 0) is 37.0 Å². The third kappa shape index (κ3) is 1.67. The zero-order valence-corrected chi connectivity index (χ0v) is 9.70. The van der Waals surface area contributed by atoms with Gasteiger partial charge in [-0.25, -0.2) is 0 Å². The summed E-state index contributed by atoms with van der Waals surface area (Å²) in [5, 5.41) is 9.42. The number of allylic oxidation sites excluding steroid dienone is 4. The first kappa shape index (κ1) is 10.7. The molecule has 1 atom stereocenters. The molecule has 0 saturated carbocycles. The molecular formula is C15H15N. The van der Waals surface area contributed by atoms with Crippen LogP contribution in [0.3, 0.4) is 0 Å². The molecule has 0 N–H and O–H groups in total. The van der Waals surface area contributed by atoms with Gasteiger partial charge in [0.2, 0.25) is 0 Å². The molecule has 0 aliphatic heterocycles. The van der Waals surface area contributed by atoms with Crippen molar-refractivity contribution in [1.29, 1.82) is 5.26 Å². The molecule has 2 rings (SSSR count). The van der Waals surface area contributed by atoms with Crippen molar-refractivity contribution in [3.8, 4) is 6.07 Å². The summed E-state index contributed by atoms with van der Waals surface area (Å²) in [6.45, 7) is 4.18. The third-order valence-corrected chi connectivity index (χ3v) is 3.29. The van der Waals surface area contributed by atoms with Gasteiger partial charge in [0.15, 0.2) is 0 Å². The maximum absolute atomic E-state index is 9.42. The molecule has 0 saturated heterocycles. The van der Waals surface area contributed by atoms with Crippen molar-refractivity contribution in [1.82, 2.24) is 0 Å². The predicted octanol–water partition coefficient (Wildman–Crippen LogP) is 3.58. The Balaban J connectivity index is 2.50. The lowest BCUT2D eigenvalue weighted by Crippen LogP contribution is -2.21. The van der Waals surface area contributed by atoms with Crippen molar-refractivity contribution in [2.75, 3.05) is 0 Å². The molecule has 1 heteroatoms. The van der Waals surface area contributed by atoms with E-state index in [9.17, 15) is 5.26 Å². The van der Waals surface area contributed by atoms with Crippen molar-refractivity contribution in [3.63, 3.8) is 0 Å². The van der Waals surface area contributed by atoms with Gasteiger partial charge in [0.1, 0.15) is 5.41 Å². The Hall–Kier alpha value is -1.81. The normalized spacial score (nSPS) is 23.1. The van der Waals surface area contributed by atoms with E-state index in [1.54, 1.807) is 0 Å². The molecule has 1 aromatic carbocycles. The first-order chi connectivity index (χ1) is 7.68. The third-order valence-electron chi connectivity index (χ3n) is 3.29. The van der Waals surface area contributed by atoms with Crippen LogP contribution in [0.15, 0.2) is 42.5 Å². The molecule has 0 aromatic heterocycles. The van der Waals surface area contributed by atoms with E-state index in [2.05, 4.69) is 44.2 Å². The van der Waals surface area contributed by atoms with E-state index in [0.717, 1.165) is 12.0 Å². The average Bonchev–Trinajstić information content (AvgIpc) is 2.33. The Labute approximate surface area is 96.7 Å². The van der Waals surface area contributed by atoms with E-state index >= 15 is 0 Å². The SMILES string of the molecule is Cc1ccc(C2(C#N)C=CC=CC2)cc1C. The van der Waals surface area contributed by atoms with Gasteiger partial charge in [0, 0.05) is 0 Å². The number of nitriles is 1. The zero-order chi connectivity index (χ0) is 11.6. The molecule has 1 aromatic rings. The van der Waals surface area contributed by atoms with E-state index < -0.39 is 5.41 Å². The number of hydrogen-bond acceptors (Lipinski definition) is 1. The van der Waals surface area contributed by atoms with Crippen LogP contribution in [0.5, 0.6) is 0 Å². The van der Waals surface area contributed by atoms with Gasteiger partial charge < -0.3 is 0 Å². The van der Waals surface area contributed by atoms with Gasteiger partial charge in [0.05, 0.1) is 6.07 Å². The summed E-state index contributed by atoms with van der Waals surface area (Å²) in [4.78, 5) is 0. The summed E-state index contributed by atoms with van der Waals surface area (Å²) in [7, 11) is 0. The Kier molecular flexibility index (Phi) is 2.66. The second-order valence-corrected chi connectivity index (χ2v) is 4.37. The molecule has 16 heavy (non-hydrogen) atoms. The van der Waals surface area contributed by atoms with Gasteiger partial charge in [-0.2, -0.15) is 5.26 Å². The second kappa shape index (κ2) is 3.98. The number of rotatable bonds is 1. The van der Waals surface area contributed by atoms with Crippen LogP contribution in [0.25, 0.3) is 0 Å². The molecule has 0 spiro atoms. The first-order valence-electron chi connectivity index (χ1n) is 5.51. The van der Waals surface area contributed by atoms with Crippen molar-refractivity contribution >= 4 is 0 Å². The first-order valence-corrected chi connectivity index (χ1v) is 5.51. The lowest BCUT2D eigenvalue weighted by molar-refractivity contribution is 0.690. The monoisotopic (exact) mass is 209 g/mol. The van der Waals surface area contributed by atoms with Crippen molar-refractivity contribution in [3.05, 3.63) is 59.2 Å². The molecule has 1 nitrogen and oxygen atoms in total. The maximum atomic E-state index is 9.42. The zero-order valence-electron chi connectivity index (χ0n) is 9.70. The van der Waals surface area contributed by atoms with Crippen LogP contribution in [0.2, 0.25) is 0 Å². The summed E-state index contributed by atoms with van der Waals surface area (Å²) in [5.41, 5.74) is 3.15. The molecule has 80 valence electrons. The molecule has 1 aliphatic carbocycles. The number of nitrogens with zero attached hydrogens (tertiary/aromatic N) is 1. The van der Waals surface area contributed by atoms with Crippen LogP contribution < -0.4 is 0 Å². The van der Waals surface area contributed by atoms with E-state index in [1.807, 2.05) is 18.2 Å². The minimum Gasteiger partial charge on any atom is -0.197 e. The lowest BCUT2D eigenvalue weighted by Gasteiger charge is -2.24. The fourth-order valence-electron chi connectivity index (χ4n) is 2.00. The van der Waals surface area contributed by atoms with Crippen LogP contribution in [0.4, 0.5) is 0 Å². The fourth-order valence-corrected chi connectivity index (χ4v) is 2.00. The van der Waals surface area contributed by atoms with Gasteiger partial charge in [0.25, 0.3) is 0 Å². The van der Waals surface area contributed by atoms with Crippen LogP contribution in [0, 0.1) is 25.2 Å². The second-order valence-electron chi connectivity index (χ2n) is 4.37. The van der Waals surface area contributed by atoms with Crippen LogP contribution in [0.1, 0.15) is 23.1 Å². The highest BCUT2D eigenvalue weighted by molar-refractivity contribution is 5.45. The van der Waals surface area contributed by atoms with E-state index in [1.165, 1.54) is 11.1 Å². The number of hydrogen-bond donors (Lipinski definition) is 0. The van der Waals surface area contributed by atoms with Crippen molar-refractivity contribution in [2.45, 2.75) is 25.7 Å². The van der Waals surface area contributed by atoms with Crippen LogP contribution in [-0.4, -0.2) is 0 Å². The summed E-state index contributed by atoms with van der Waals surface area (Å²) < 4.78 is 0. The quantitative estimate of drug-likeness (QED) is 0.693. The van der Waals surface area contributed by atoms with E-state index in [0.29, 0.717) is 0 Å². The molecule has 0 radical (unpaired) electrons. The number of benzene rings is 1. The minimum absolute atomic E-state index is 0.465. The average molecular weight is 209 g/mol. The van der Waals surface area contributed by atoms with Gasteiger partial charge >= 0.3 is 0 Å². The van der Waals surface area contributed by atoms with Gasteiger partial charge in [-0.15, -0.1) is 0 Å². The lowest BCUT2D eigenvalue weighted by atomic mass is 9.76. The minimum atomic E-state index is -0.465. The smallest absolute Gasteiger partial charge is 0.104 e. The van der Waals surface area contributed by atoms with E-state index in [-0.39, 0.29) is 0 Å². The summed E-state index contributed by atoms with van der Waals surface area (Å²) in [6, 6.07) is 8.73. The Morgan fingerprint density at radius 1 is 1.19 bits per heavy atom. The highest BCUT2D eigenvalue weighted by Crippen LogP contribution is 2.32. The molecule has 0 heterocycles. The largest absolute Gasteiger partial charge is 0.197 e. The Morgan fingerprint density at radius 3 is 2.56 bits per heavy atom. The highest BCUT2D eigenvalue weighted by atomic mass is 14.4. The molecular weight excluding hydrogens is 194 g/mol. The van der Waals surface area contributed by atoms with Crippen LogP contribution in [-0.2, 0) is 5.41 Å². The predicted molar refractivity (Wildman–Crippen MR) is 66.1 cm³/mol. The number of aryl methyl sites for hydroxylation is 2. The van der Waals surface area contributed by atoms with Crippen molar-refractivity contribution in [2.24, 2.45) is 0 Å². The van der Waals surface area contributed by atoms with E-state index in [4.69, 9.17) is 0 Å². The maximum Gasteiger partial charge on any atom is 0.104 e. The standard InChI is InChI=1S/C15H15N/c1-12-6-7-14(10-13(12)2)15(11-16)8-4-3-5-9-15/h3-8,10H,9H2,1-2H3. The molecule has 0 amide bonds. The van der Waals surface area contributed by atoms with Crippen molar-refractivity contribution < 1.29 is 0 Å². The summed E-state index contributed by atoms with van der Waals surface area (Å²) in [6.07, 6.45) is 8.77. The topological polar surface area (TPSA) is 23.8 Å². The molecule has 1 unspecified atom stereocenters. The highest BCUT2D eigenvalue weighted by Gasteiger charge is 2.29. The van der Waals surface area contributed by atoms with Gasteiger partial charge in [-0.1, -0.05) is 42.5 Å². The molecule has 1 aliphatic rings. The molecule has 0 bridgehead atoms.